The Morgan fingerprint density at radius 2 is 1.83 bits per heavy atom. The van der Waals surface area contributed by atoms with E-state index >= 15 is 0 Å². The standard InChI is InChI=1S/C23H25N3O3S/c1-14-5-4-6-15(2)21(14)25-20(27)13-19-22(28)26(17-9-10-17)23(30-19)24-16-7-11-18(29-3)12-8-16/h4-8,11-12,17,19H,9-10,13H2,1-3H3,(H,25,27). The van der Waals surface area contributed by atoms with E-state index in [1.165, 1.54) is 11.8 Å². The normalized spacial score (nSPS) is 20.0. The highest BCUT2D eigenvalue weighted by atomic mass is 32.2. The summed E-state index contributed by atoms with van der Waals surface area (Å²) in [5, 5.41) is 3.21. The lowest BCUT2D eigenvalue weighted by Gasteiger charge is -2.15. The molecule has 2 fully saturated rings. The van der Waals surface area contributed by atoms with Crippen molar-refractivity contribution in [3.05, 3.63) is 53.6 Å². The van der Waals surface area contributed by atoms with Crippen molar-refractivity contribution in [3.63, 3.8) is 0 Å². The minimum Gasteiger partial charge on any atom is -0.497 e. The first kappa shape index (κ1) is 20.5. The summed E-state index contributed by atoms with van der Waals surface area (Å²) >= 11 is 1.38. The molecule has 156 valence electrons. The van der Waals surface area contributed by atoms with Crippen LogP contribution in [0, 0.1) is 13.8 Å². The molecular weight excluding hydrogens is 398 g/mol. The average Bonchev–Trinajstić information content (AvgIpc) is 3.51. The molecule has 1 saturated heterocycles. The van der Waals surface area contributed by atoms with Gasteiger partial charge in [0.1, 0.15) is 11.0 Å². The molecule has 0 bridgehead atoms. The van der Waals surface area contributed by atoms with Crippen molar-refractivity contribution in [2.24, 2.45) is 4.99 Å². The summed E-state index contributed by atoms with van der Waals surface area (Å²) in [6.07, 6.45) is 2.09. The van der Waals surface area contributed by atoms with E-state index in [4.69, 9.17) is 9.73 Å². The number of ether oxygens (including phenoxy) is 1. The molecule has 4 rings (SSSR count). The van der Waals surface area contributed by atoms with Crippen molar-refractivity contribution in [2.75, 3.05) is 12.4 Å². The third kappa shape index (κ3) is 4.36. The number of aliphatic imine (C=N–C) groups is 1. The van der Waals surface area contributed by atoms with Crippen LogP contribution in [0.2, 0.25) is 0 Å². The second-order valence-corrected chi connectivity index (χ2v) is 8.83. The number of benzene rings is 2. The molecule has 1 aliphatic carbocycles. The van der Waals surface area contributed by atoms with Gasteiger partial charge in [-0.25, -0.2) is 4.99 Å². The Morgan fingerprint density at radius 1 is 1.17 bits per heavy atom. The first-order chi connectivity index (χ1) is 14.5. The van der Waals surface area contributed by atoms with Crippen LogP contribution in [0.1, 0.15) is 30.4 Å². The number of aryl methyl sites for hydroxylation is 2. The van der Waals surface area contributed by atoms with Crippen LogP contribution in [0.3, 0.4) is 0 Å². The molecular formula is C23H25N3O3S. The first-order valence-electron chi connectivity index (χ1n) is 10.0. The van der Waals surface area contributed by atoms with Gasteiger partial charge < -0.3 is 10.1 Å². The predicted molar refractivity (Wildman–Crippen MR) is 120 cm³/mol. The minimum absolute atomic E-state index is 0.0218. The lowest BCUT2D eigenvalue weighted by Crippen LogP contribution is -2.35. The fourth-order valence-electron chi connectivity index (χ4n) is 3.50. The Morgan fingerprint density at radius 3 is 2.43 bits per heavy atom. The monoisotopic (exact) mass is 423 g/mol. The Kier molecular flexibility index (Phi) is 5.81. The van der Waals surface area contributed by atoms with E-state index in [9.17, 15) is 9.59 Å². The van der Waals surface area contributed by atoms with Crippen LogP contribution in [-0.4, -0.2) is 40.3 Å². The number of rotatable bonds is 6. The zero-order valence-electron chi connectivity index (χ0n) is 17.3. The molecule has 30 heavy (non-hydrogen) atoms. The van der Waals surface area contributed by atoms with Crippen molar-refractivity contribution in [3.8, 4) is 5.75 Å². The van der Waals surface area contributed by atoms with E-state index in [0.29, 0.717) is 5.17 Å². The number of nitrogens with zero attached hydrogens (tertiary/aromatic N) is 2. The van der Waals surface area contributed by atoms with Gasteiger partial charge in [-0.2, -0.15) is 0 Å². The number of anilines is 1. The number of hydrogen-bond acceptors (Lipinski definition) is 5. The fourth-order valence-corrected chi connectivity index (χ4v) is 4.71. The van der Waals surface area contributed by atoms with Gasteiger partial charge >= 0.3 is 0 Å². The molecule has 1 N–H and O–H groups in total. The molecule has 2 aliphatic rings. The molecule has 7 heteroatoms. The number of thioether (sulfide) groups is 1. The number of amides is 2. The van der Waals surface area contributed by atoms with Gasteiger partial charge in [0.15, 0.2) is 5.17 Å². The number of amidine groups is 1. The van der Waals surface area contributed by atoms with Crippen molar-refractivity contribution in [1.82, 2.24) is 4.90 Å². The quantitative estimate of drug-likeness (QED) is 0.746. The Hall–Kier alpha value is -2.80. The van der Waals surface area contributed by atoms with Gasteiger partial charge in [0.25, 0.3) is 0 Å². The Labute approximate surface area is 180 Å². The highest BCUT2D eigenvalue weighted by molar-refractivity contribution is 8.15. The number of nitrogens with one attached hydrogen (secondary N) is 1. The van der Waals surface area contributed by atoms with Crippen molar-refractivity contribution in [2.45, 2.75) is 44.4 Å². The minimum atomic E-state index is -0.452. The van der Waals surface area contributed by atoms with E-state index in [1.54, 1.807) is 12.0 Å². The number of carbonyl (C=O) groups excluding carboxylic acids is 2. The molecule has 2 amide bonds. The Bertz CT molecular complexity index is 979. The molecule has 2 aromatic carbocycles. The number of methoxy groups -OCH3 is 1. The highest BCUT2D eigenvalue weighted by Crippen LogP contribution is 2.39. The van der Waals surface area contributed by atoms with Crippen LogP contribution in [0.4, 0.5) is 11.4 Å². The molecule has 1 unspecified atom stereocenters. The van der Waals surface area contributed by atoms with Crippen molar-refractivity contribution >= 4 is 40.1 Å². The molecule has 0 radical (unpaired) electrons. The predicted octanol–water partition coefficient (Wildman–Crippen LogP) is 4.43. The van der Waals surface area contributed by atoms with Gasteiger partial charge in [-0.3, -0.25) is 14.5 Å². The summed E-state index contributed by atoms with van der Waals surface area (Å²) < 4.78 is 5.19. The van der Waals surface area contributed by atoms with Crippen LogP contribution in [-0.2, 0) is 9.59 Å². The van der Waals surface area contributed by atoms with E-state index in [1.807, 2.05) is 56.3 Å². The highest BCUT2D eigenvalue weighted by Gasteiger charge is 2.46. The molecule has 0 spiro atoms. The van der Waals surface area contributed by atoms with Crippen LogP contribution >= 0.6 is 11.8 Å². The van der Waals surface area contributed by atoms with E-state index in [0.717, 1.165) is 41.1 Å². The SMILES string of the molecule is COc1ccc(N=C2SC(CC(=O)Nc3c(C)cccc3C)C(=O)N2C2CC2)cc1. The summed E-state index contributed by atoms with van der Waals surface area (Å²) in [4.78, 5) is 32.2. The molecule has 6 nitrogen and oxygen atoms in total. The smallest absolute Gasteiger partial charge is 0.242 e. The average molecular weight is 424 g/mol. The number of carbonyl (C=O) groups is 2. The molecule has 1 heterocycles. The largest absolute Gasteiger partial charge is 0.497 e. The van der Waals surface area contributed by atoms with Gasteiger partial charge in [0.2, 0.25) is 11.8 Å². The first-order valence-corrected chi connectivity index (χ1v) is 10.9. The fraction of sp³-hybridized carbons (Fsp3) is 0.348. The van der Waals surface area contributed by atoms with Crippen molar-refractivity contribution < 1.29 is 14.3 Å². The summed E-state index contributed by atoms with van der Waals surface area (Å²) in [7, 11) is 1.62. The summed E-state index contributed by atoms with van der Waals surface area (Å²) in [5.74, 6) is 0.584. The van der Waals surface area contributed by atoms with Crippen LogP contribution in [0.15, 0.2) is 47.5 Å². The summed E-state index contributed by atoms with van der Waals surface area (Å²) in [6, 6.07) is 13.5. The van der Waals surface area contributed by atoms with E-state index in [-0.39, 0.29) is 24.3 Å². The van der Waals surface area contributed by atoms with Gasteiger partial charge in [-0.05, 0) is 62.1 Å². The lowest BCUT2D eigenvalue weighted by atomic mass is 10.1. The second-order valence-electron chi connectivity index (χ2n) is 7.66. The van der Waals surface area contributed by atoms with Crippen molar-refractivity contribution in [1.29, 1.82) is 0 Å². The van der Waals surface area contributed by atoms with Gasteiger partial charge in [0.05, 0.1) is 12.8 Å². The van der Waals surface area contributed by atoms with Gasteiger partial charge in [0, 0.05) is 18.2 Å². The van der Waals surface area contributed by atoms with Crippen LogP contribution < -0.4 is 10.1 Å². The topological polar surface area (TPSA) is 71.0 Å². The zero-order chi connectivity index (χ0) is 21.3. The molecule has 0 aromatic heterocycles. The maximum absolute atomic E-state index is 13.0. The molecule has 2 aromatic rings. The number of hydrogen-bond donors (Lipinski definition) is 1. The van der Waals surface area contributed by atoms with Gasteiger partial charge in [-0.1, -0.05) is 30.0 Å². The molecule has 1 saturated carbocycles. The third-order valence-electron chi connectivity index (χ3n) is 5.29. The summed E-state index contributed by atoms with van der Waals surface area (Å²) in [5.41, 5.74) is 3.60. The second kappa shape index (κ2) is 8.52. The summed E-state index contributed by atoms with van der Waals surface area (Å²) in [6.45, 7) is 3.93. The molecule has 1 atom stereocenters. The van der Waals surface area contributed by atoms with E-state index < -0.39 is 5.25 Å². The molecule has 1 aliphatic heterocycles. The zero-order valence-corrected chi connectivity index (χ0v) is 18.2. The van der Waals surface area contributed by atoms with Gasteiger partial charge in [-0.15, -0.1) is 0 Å². The van der Waals surface area contributed by atoms with Crippen LogP contribution in [0.25, 0.3) is 0 Å². The maximum atomic E-state index is 13.0. The van der Waals surface area contributed by atoms with E-state index in [2.05, 4.69) is 5.32 Å². The van der Waals surface area contributed by atoms with Crippen LogP contribution in [0.5, 0.6) is 5.75 Å². The maximum Gasteiger partial charge on any atom is 0.242 e. The third-order valence-corrected chi connectivity index (χ3v) is 6.44. The lowest BCUT2D eigenvalue weighted by molar-refractivity contribution is -0.128. The number of para-hydroxylation sites is 1. The Balaban J connectivity index is 1.49.